The molecule has 2 aliphatic heterocycles. The lowest BCUT2D eigenvalue weighted by molar-refractivity contribution is -0.117. The molecule has 0 saturated carbocycles. The number of ether oxygens (including phenoxy) is 1. The largest absolute Gasteiger partial charge is 0.380 e. The smallest absolute Gasteiger partial charge is 0.227 e. The minimum absolute atomic E-state index is 0.234. The number of anilines is 2. The third-order valence-corrected chi connectivity index (χ3v) is 4.91. The van der Waals surface area contributed by atoms with Gasteiger partial charge in [0.1, 0.15) is 0 Å². The number of amides is 1. The van der Waals surface area contributed by atoms with E-state index in [1.54, 1.807) is 7.11 Å². The van der Waals surface area contributed by atoms with Crippen LogP contribution in [0, 0.1) is 0 Å². The molecule has 3 rings (SSSR count). The van der Waals surface area contributed by atoms with Crippen molar-refractivity contribution in [1.82, 2.24) is 4.90 Å². The zero-order valence-corrected chi connectivity index (χ0v) is 14.3. The van der Waals surface area contributed by atoms with Gasteiger partial charge >= 0.3 is 0 Å². The van der Waals surface area contributed by atoms with Crippen LogP contribution in [-0.4, -0.2) is 57.2 Å². The number of piperazine rings is 1. The van der Waals surface area contributed by atoms with Crippen LogP contribution in [0.25, 0.3) is 0 Å². The number of nitrogens with zero attached hydrogens (tertiary/aromatic N) is 3. The molecule has 23 heavy (non-hydrogen) atoms. The Balaban J connectivity index is 1.81. The quantitative estimate of drug-likeness (QED) is 0.833. The molecule has 1 aromatic carbocycles. The van der Waals surface area contributed by atoms with Gasteiger partial charge in [-0.3, -0.25) is 4.79 Å². The lowest BCUT2D eigenvalue weighted by Crippen LogP contribution is -2.46. The van der Waals surface area contributed by atoms with Gasteiger partial charge in [0.05, 0.1) is 6.61 Å². The molecule has 0 atom stereocenters. The summed E-state index contributed by atoms with van der Waals surface area (Å²) >= 11 is 0. The average molecular weight is 317 g/mol. The van der Waals surface area contributed by atoms with Gasteiger partial charge in [0.2, 0.25) is 5.91 Å². The molecule has 0 aliphatic carbocycles. The Morgan fingerprint density at radius 3 is 2.52 bits per heavy atom. The van der Waals surface area contributed by atoms with Crippen LogP contribution >= 0.6 is 0 Å². The first-order valence-corrected chi connectivity index (χ1v) is 8.62. The lowest BCUT2D eigenvalue weighted by Gasteiger charge is -2.36. The predicted molar refractivity (Wildman–Crippen MR) is 93.1 cm³/mol. The Kier molecular flexibility index (Phi) is 5.18. The normalized spacial score (nSPS) is 19.7. The first-order valence-electron chi connectivity index (χ1n) is 8.62. The summed E-state index contributed by atoms with van der Waals surface area (Å²) in [5, 5.41) is 0. The average Bonchev–Trinajstić information content (AvgIpc) is 3.01. The van der Waals surface area contributed by atoms with Crippen molar-refractivity contribution in [2.75, 3.05) is 56.2 Å². The molecule has 1 aromatic rings. The predicted octanol–water partition coefficient (Wildman–Crippen LogP) is 2.10. The van der Waals surface area contributed by atoms with Crippen LogP contribution in [0.3, 0.4) is 0 Å². The van der Waals surface area contributed by atoms with E-state index in [-0.39, 0.29) is 5.91 Å². The van der Waals surface area contributed by atoms with E-state index in [0.29, 0.717) is 13.0 Å². The Bertz CT molecular complexity index is 553. The van der Waals surface area contributed by atoms with Crippen LogP contribution in [0.5, 0.6) is 0 Å². The molecule has 0 spiro atoms. The fourth-order valence-corrected chi connectivity index (χ4v) is 3.55. The van der Waals surface area contributed by atoms with Gasteiger partial charge < -0.3 is 19.4 Å². The van der Waals surface area contributed by atoms with Crippen molar-refractivity contribution in [2.45, 2.75) is 26.4 Å². The van der Waals surface area contributed by atoms with Gasteiger partial charge in [-0.2, -0.15) is 0 Å². The topological polar surface area (TPSA) is 36.0 Å². The fourth-order valence-electron chi connectivity index (χ4n) is 3.55. The number of rotatable bonds is 5. The van der Waals surface area contributed by atoms with Crippen LogP contribution in [0.2, 0.25) is 0 Å². The second-order valence-corrected chi connectivity index (χ2v) is 6.32. The Morgan fingerprint density at radius 2 is 1.91 bits per heavy atom. The van der Waals surface area contributed by atoms with E-state index < -0.39 is 0 Å². The van der Waals surface area contributed by atoms with Gasteiger partial charge in [0.25, 0.3) is 0 Å². The van der Waals surface area contributed by atoms with Crippen LogP contribution in [0.15, 0.2) is 18.2 Å². The maximum absolute atomic E-state index is 12.0. The summed E-state index contributed by atoms with van der Waals surface area (Å²) in [6, 6.07) is 6.38. The highest BCUT2D eigenvalue weighted by Gasteiger charge is 2.24. The zero-order valence-electron chi connectivity index (χ0n) is 14.3. The van der Waals surface area contributed by atoms with Gasteiger partial charge in [-0.25, -0.2) is 0 Å². The van der Waals surface area contributed by atoms with E-state index >= 15 is 0 Å². The molecule has 2 aliphatic rings. The van der Waals surface area contributed by atoms with Gasteiger partial charge in [-0.05, 0) is 31.2 Å². The molecular formula is C18H27N3O2. The summed E-state index contributed by atoms with van der Waals surface area (Å²) in [4.78, 5) is 18.8. The van der Waals surface area contributed by atoms with E-state index in [0.717, 1.165) is 51.4 Å². The molecule has 5 heteroatoms. The molecule has 1 amide bonds. The van der Waals surface area contributed by atoms with Crippen LogP contribution < -0.4 is 9.80 Å². The summed E-state index contributed by atoms with van der Waals surface area (Å²) in [6.45, 7) is 9.06. The Labute approximate surface area is 138 Å². The van der Waals surface area contributed by atoms with E-state index in [9.17, 15) is 4.79 Å². The second-order valence-electron chi connectivity index (χ2n) is 6.32. The molecule has 0 N–H and O–H groups in total. The number of carbonyl (C=O) groups is 1. The number of benzene rings is 1. The third-order valence-electron chi connectivity index (χ3n) is 4.91. The number of likely N-dealkylation sites (N-methyl/N-ethyl adjacent to an activating group) is 1. The summed E-state index contributed by atoms with van der Waals surface area (Å²) < 4.78 is 5.41. The molecule has 126 valence electrons. The summed E-state index contributed by atoms with van der Waals surface area (Å²) in [5.41, 5.74) is 3.43. The van der Waals surface area contributed by atoms with Crippen molar-refractivity contribution in [2.24, 2.45) is 0 Å². The fraction of sp³-hybridized carbons (Fsp3) is 0.611. The highest BCUT2D eigenvalue weighted by molar-refractivity contribution is 5.95. The van der Waals surface area contributed by atoms with Crippen molar-refractivity contribution in [3.63, 3.8) is 0 Å². The number of hydrogen-bond acceptors (Lipinski definition) is 4. The van der Waals surface area contributed by atoms with Gasteiger partial charge in [0, 0.05) is 63.2 Å². The van der Waals surface area contributed by atoms with E-state index in [2.05, 4.69) is 34.9 Å². The summed E-state index contributed by atoms with van der Waals surface area (Å²) in [5.74, 6) is 0.234. The van der Waals surface area contributed by atoms with Gasteiger partial charge in [0.15, 0.2) is 0 Å². The number of carbonyl (C=O) groups excluding carboxylic acids is 1. The first-order chi connectivity index (χ1) is 11.2. The van der Waals surface area contributed by atoms with Crippen molar-refractivity contribution >= 4 is 17.3 Å². The Morgan fingerprint density at radius 1 is 1.13 bits per heavy atom. The molecule has 0 bridgehead atoms. The summed E-state index contributed by atoms with van der Waals surface area (Å²) in [7, 11) is 1.73. The standard InChI is InChI=1S/C18H27N3O2/c1-3-19-9-11-20(12-10-19)17-7-6-16(13-15(17)14-23-2)21-8-4-5-18(21)22/h6-7,13H,3-5,8-12,14H2,1-2H3. The highest BCUT2D eigenvalue weighted by atomic mass is 16.5. The third kappa shape index (κ3) is 3.51. The van der Waals surface area contributed by atoms with Crippen molar-refractivity contribution in [3.05, 3.63) is 23.8 Å². The van der Waals surface area contributed by atoms with Crippen LogP contribution in [-0.2, 0) is 16.1 Å². The molecule has 0 unspecified atom stereocenters. The van der Waals surface area contributed by atoms with Crippen molar-refractivity contribution in [1.29, 1.82) is 0 Å². The van der Waals surface area contributed by atoms with Gasteiger partial charge in [-0.15, -0.1) is 0 Å². The maximum atomic E-state index is 12.0. The lowest BCUT2D eigenvalue weighted by atomic mass is 10.1. The first kappa shape index (κ1) is 16.3. The highest BCUT2D eigenvalue weighted by Crippen LogP contribution is 2.30. The van der Waals surface area contributed by atoms with Crippen molar-refractivity contribution in [3.8, 4) is 0 Å². The monoisotopic (exact) mass is 317 g/mol. The molecular weight excluding hydrogens is 290 g/mol. The minimum Gasteiger partial charge on any atom is -0.380 e. The van der Waals surface area contributed by atoms with E-state index in [1.807, 2.05) is 4.90 Å². The SMILES string of the molecule is CCN1CCN(c2ccc(N3CCCC3=O)cc2COC)CC1. The molecule has 2 fully saturated rings. The Hall–Kier alpha value is -1.59. The molecule has 5 nitrogen and oxygen atoms in total. The number of methoxy groups -OCH3 is 1. The second kappa shape index (κ2) is 7.32. The van der Waals surface area contributed by atoms with Crippen LogP contribution in [0.4, 0.5) is 11.4 Å². The van der Waals surface area contributed by atoms with Gasteiger partial charge in [-0.1, -0.05) is 6.92 Å². The molecule has 0 aromatic heterocycles. The van der Waals surface area contributed by atoms with E-state index in [4.69, 9.17) is 4.74 Å². The minimum atomic E-state index is 0.234. The summed E-state index contributed by atoms with van der Waals surface area (Å²) in [6.07, 6.45) is 1.62. The number of hydrogen-bond donors (Lipinski definition) is 0. The zero-order chi connectivity index (χ0) is 16.2. The van der Waals surface area contributed by atoms with E-state index in [1.165, 1.54) is 11.3 Å². The van der Waals surface area contributed by atoms with Crippen molar-refractivity contribution < 1.29 is 9.53 Å². The maximum Gasteiger partial charge on any atom is 0.227 e. The molecule has 0 radical (unpaired) electrons. The molecule has 2 saturated heterocycles. The van der Waals surface area contributed by atoms with Crippen LogP contribution in [0.1, 0.15) is 25.3 Å². The molecule has 2 heterocycles.